The summed E-state index contributed by atoms with van der Waals surface area (Å²) in [5.74, 6) is -1.06. The number of hydrogen-bond donors (Lipinski definition) is 1. The monoisotopic (exact) mass is 436 g/mol. The van der Waals surface area contributed by atoms with Crippen molar-refractivity contribution >= 4 is 23.5 Å². The van der Waals surface area contributed by atoms with Crippen LogP contribution in [0.1, 0.15) is 40.6 Å². The quantitative estimate of drug-likeness (QED) is 0.595. The molecule has 166 valence electrons. The van der Waals surface area contributed by atoms with E-state index >= 15 is 0 Å². The van der Waals surface area contributed by atoms with Gasteiger partial charge in [-0.05, 0) is 50.1 Å². The van der Waals surface area contributed by atoms with E-state index in [0.29, 0.717) is 36.4 Å². The van der Waals surface area contributed by atoms with Gasteiger partial charge in [-0.2, -0.15) is 5.10 Å². The number of esters is 1. The predicted molar refractivity (Wildman–Crippen MR) is 115 cm³/mol. The molecule has 0 aliphatic carbocycles. The van der Waals surface area contributed by atoms with Gasteiger partial charge in [0.25, 0.3) is 5.91 Å². The Morgan fingerprint density at radius 2 is 2.12 bits per heavy atom. The van der Waals surface area contributed by atoms with Crippen LogP contribution in [0.3, 0.4) is 0 Å². The lowest BCUT2D eigenvalue weighted by Gasteiger charge is -2.31. The van der Waals surface area contributed by atoms with Gasteiger partial charge in [0.05, 0.1) is 30.0 Å². The number of amides is 2. The largest absolute Gasteiger partial charge is 0.472 e. The molecular weight excluding hydrogens is 412 g/mol. The number of carbonyl (C=O) groups is 3. The number of aromatic nitrogens is 2. The van der Waals surface area contributed by atoms with Gasteiger partial charge in [0.15, 0.2) is 5.69 Å². The van der Waals surface area contributed by atoms with E-state index in [4.69, 9.17) is 9.15 Å². The smallest absolute Gasteiger partial charge is 0.358 e. The summed E-state index contributed by atoms with van der Waals surface area (Å²) in [7, 11) is 0. The Kier molecular flexibility index (Phi) is 6.34. The Balaban J connectivity index is 1.41. The van der Waals surface area contributed by atoms with Crippen LogP contribution in [0, 0.1) is 5.92 Å². The van der Waals surface area contributed by atoms with E-state index in [9.17, 15) is 14.4 Å². The predicted octanol–water partition coefficient (Wildman–Crippen LogP) is 3.13. The molecule has 0 saturated carbocycles. The zero-order valence-electron chi connectivity index (χ0n) is 17.7. The van der Waals surface area contributed by atoms with Crippen molar-refractivity contribution in [3.63, 3.8) is 0 Å². The number of ether oxygens (including phenoxy) is 1. The molecule has 1 N–H and O–H groups in total. The third kappa shape index (κ3) is 4.72. The molecule has 3 heterocycles. The van der Waals surface area contributed by atoms with Crippen LogP contribution in [0.2, 0.25) is 0 Å². The van der Waals surface area contributed by atoms with E-state index in [-0.39, 0.29) is 30.0 Å². The van der Waals surface area contributed by atoms with Crippen molar-refractivity contribution in [1.29, 1.82) is 0 Å². The van der Waals surface area contributed by atoms with Crippen LogP contribution in [0.4, 0.5) is 5.69 Å². The summed E-state index contributed by atoms with van der Waals surface area (Å²) < 4.78 is 11.5. The number of furan rings is 1. The number of carbonyl (C=O) groups excluding carboxylic acids is 3. The fourth-order valence-electron chi connectivity index (χ4n) is 3.70. The van der Waals surface area contributed by atoms with Gasteiger partial charge in [-0.3, -0.25) is 9.59 Å². The first-order valence-electron chi connectivity index (χ1n) is 10.5. The third-order valence-electron chi connectivity index (χ3n) is 5.30. The lowest BCUT2D eigenvalue weighted by Crippen LogP contribution is -2.43. The first kappa shape index (κ1) is 21.4. The maximum Gasteiger partial charge on any atom is 0.358 e. The first-order chi connectivity index (χ1) is 15.5. The Morgan fingerprint density at radius 3 is 2.91 bits per heavy atom. The molecule has 1 aliphatic heterocycles. The zero-order valence-corrected chi connectivity index (χ0v) is 17.7. The summed E-state index contributed by atoms with van der Waals surface area (Å²) in [5, 5.41) is 7.18. The summed E-state index contributed by atoms with van der Waals surface area (Å²) in [6.45, 7) is 2.99. The highest BCUT2D eigenvalue weighted by atomic mass is 16.5. The van der Waals surface area contributed by atoms with Gasteiger partial charge in [-0.1, -0.05) is 6.07 Å². The van der Waals surface area contributed by atoms with Crippen LogP contribution in [0.15, 0.2) is 59.5 Å². The van der Waals surface area contributed by atoms with E-state index in [1.807, 2.05) is 6.07 Å². The lowest BCUT2D eigenvalue weighted by atomic mass is 9.96. The molecule has 0 unspecified atom stereocenters. The minimum atomic E-state index is -0.484. The first-order valence-corrected chi connectivity index (χ1v) is 10.5. The normalized spacial score (nSPS) is 15.9. The number of anilines is 1. The van der Waals surface area contributed by atoms with Crippen LogP contribution in [0.5, 0.6) is 0 Å². The molecule has 1 saturated heterocycles. The molecule has 1 aromatic carbocycles. The highest BCUT2D eigenvalue weighted by Gasteiger charge is 2.29. The molecule has 0 bridgehead atoms. The molecule has 2 amide bonds. The Labute approximate surface area is 184 Å². The van der Waals surface area contributed by atoms with Crippen molar-refractivity contribution in [3.8, 4) is 5.69 Å². The molecule has 32 heavy (non-hydrogen) atoms. The Morgan fingerprint density at radius 1 is 1.25 bits per heavy atom. The molecule has 1 aliphatic rings. The molecule has 9 nitrogen and oxygen atoms in total. The van der Waals surface area contributed by atoms with Crippen molar-refractivity contribution in [2.24, 2.45) is 5.92 Å². The van der Waals surface area contributed by atoms with Gasteiger partial charge < -0.3 is 19.4 Å². The minimum absolute atomic E-state index is 0.130. The fourth-order valence-corrected chi connectivity index (χ4v) is 3.70. The SMILES string of the molecule is CCOC(=O)c1ccn(-c2cccc(NC(=O)[C@@H]3CCCN(C(=O)c4ccoc4)C3)c2)n1. The molecule has 3 aromatic rings. The number of hydrogen-bond acceptors (Lipinski definition) is 6. The van der Waals surface area contributed by atoms with Gasteiger partial charge in [0.2, 0.25) is 5.91 Å². The molecular formula is C23H24N4O5. The van der Waals surface area contributed by atoms with Crippen LogP contribution in [-0.4, -0.2) is 52.2 Å². The number of benzene rings is 1. The summed E-state index contributed by atoms with van der Waals surface area (Å²) in [5.41, 5.74) is 2.00. The summed E-state index contributed by atoms with van der Waals surface area (Å²) in [4.78, 5) is 39.0. The molecule has 0 radical (unpaired) electrons. The van der Waals surface area contributed by atoms with E-state index in [0.717, 1.165) is 6.42 Å². The van der Waals surface area contributed by atoms with Crippen LogP contribution < -0.4 is 5.32 Å². The van der Waals surface area contributed by atoms with Crippen LogP contribution in [-0.2, 0) is 9.53 Å². The summed E-state index contributed by atoms with van der Waals surface area (Å²) in [6, 6.07) is 10.4. The zero-order chi connectivity index (χ0) is 22.5. The number of nitrogens with zero attached hydrogens (tertiary/aromatic N) is 3. The second-order valence-corrected chi connectivity index (χ2v) is 7.51. The van der Waals surface area contributed by atoms with Gasteiger partial charge in [-0.25, -0.2) is 9.48 Å². The van der Waals surface area contributed by atoms with Crippen LogP contribution in [0.25, 0.3) is 5.69 Å². The van der Waals surface area contributed by atoms with Gasteiger partial charge in [0, 0.05) is 25.0 Å². The maximum absolute atomic E-state index is 12.9. The molecule has 4 rings (SSSR count). The molecule has 9 heteroatoms. The van der Waals surface area contributed by atoms with Gasteiger partial charge >= 0.3 is 5.97 Å². The van der Waals surface area contributed by atoms with Crippen LogP contribution >= 0.6 is 0 Å². The van der Waals surface area contributed by atoms with Crippen molar-refractivity contribution < 1.29 is 23.5 Å². The maximum atomic E-state index is 12.9. The van der Waals surface area contributed by atoms with E-state index in [2.05, 4.69) is 10.4 Å². The average molecular weight is 436 g/mol. The number of likely N-dealkylation sites (tertiary alicyclic amines) is 1. The second kappa shape index (κ2) is 9.51. The molecule has 0 spiro atoms. The third-order valence-corrected chi connectivity index (χ3v) is 5.30. The molecule has 2 aromatic heterocycles. The van der Waals surface area contributed by atoms with Gasteiger partial charge in [-0.15, -0.1) is 0 Å². The van der Waals surface area contributed by atoms with Crippen molar-refractivity contribution in [3.05, 3.63) is 66.4 Å². The Bertz CT molecular complexity index is 1110. The highest BCUT2D eigenvalue weighted by Crippen LogP contribution is 2.22. The number of nitrogens with one attached hydrogen (secondary N) is 1. The van der Waals surface area contributed by atoms with E-state index in [1.54, 1.807) is 53.0 Å². The van der Waals surface area contributed by atoms with Gasteiger partial charge in [0.1, 0.15) is 6.26 Å². The average Bonchev–Trinajstić information content (AvgIpc) is 3.52. The lowest BCUT2D eigenvalue weighted by molar-refractivity contribution is -0.121. The topological polar surface area (TPSA) is 107 Å². The summed E-state index contributed by atoms with van der Waals surface area (Å²) in [6.07, 6.45) is 6.01. The van der Waals surface area contributed by atoms with Crippen molar-refractivity contribution in [1.82, 2.24) is 14.7 Å². The molecule has 1 fully saturated rings. The standard InChI is InChI=1S/C23H24N4O5/c1-2-32-23(30)20-8-11-27(25-20)19-7-3-6-18(13-19)24-21(28)16-5-4-10-26(14-16)22(29)17-9-12-31-15-17/h3,6-9,11-13,15-16H,2,4-5,10,14H2,1H3,(H,24,28)/t16-/m1/s1. The summed E-state index contributed by atoms with van der Waals surface area (Å²) >= 11 is 0. The second-order valence-electron chi connectivity index (χ2n) is 7.51. The fraction of sp³-hybridized carbons (Fsp3) is 0.304. The number of rotatable bonds is 6. The Hall–Kier alpha value is -3.88. The minimum Gasteiger partial charge on any atom is -0.472 e. The van der Waals surface area contributed by atoms with Crippen molar-refractivity contribution in [2.75, 3.05) is 25.0 Å². The highest BCUT2D eigenvalue weighted by molar-refractivity contribution is 5.96. The van der Waals surface area contributed by atoms with E-state index < -0.39 is 5.97 Å². The number of piperidine rings is 1. The van der Waals surface area contributed by atoms with Crippen molar-refractivity contribution in [2.45, 2.75) is 19.8 Å². The van der Waals surface area contributed by atoms with E-state index in [1.165, 1.54) is 12.5 Å². The molecule has 1 atom stereocenters.